The highest BCUT2D eigenvalue weighted by Gasteiger charge is 2.39. The van der Waals surface area contributed by atoms with Crippen LogP contribution in [0.25, 0.3) is 0 Å². The van der Waals surface area contributed by atoms with Crippen molar-refractivity contribution >= 4 is 23.6 Å². The Labute approximate surface area is 121 Å². The van der Waals surface area contributed by atoms with Crippen LogP contribution in [0, 0.1) is 0 Å². The Balaban J connectivity index is 4.52. The average Bonchev–Trinajstić information content (AvgIpc) is 2.31. The second-order valence-corrected chi connectivity index (χ2v) is 4.66. The summed E-state index contributed by atoms with van der Waals surface area (Å²) in [7, 11) is 0. The summed E-state index contributed by atoms with van der Waals surface area (Å²) in [6, 6.07) is 0. The van der Waals surface area contributed by atoms with E-state index in [0.717, 1.165) is 0 Å². The van der Waals surface area contributed by atoms with E-state index in [9.17, 15) is 19.2 Å². The van der Waals surface area contributed by atoms with Gasteiger partial charge >= 0.3 is 0 Å². The Morgan fingerprint density at radius 2 is 1.33 bits per heavy atom. The molecule has 0 heterocycles. The van der Waals surface area contributed by atoms with Gasteiger partial charge in [-0.3, -0.25) is 19.2 Å². The lowest BCUT2D eigenvalue weighted by atomic mass is 9.89. The summed E-state index contributed by atoms with van der Waals surface area (Å²) in [5.41, 5.74) is 18.8. The van der Waals surface area contributed by atoms with E-state index in [1.807, 2.05) is 0 Å². The third-order valence-corrected chi connectivity index (χ3v) is 2.72. The Bertz CT molecular complexity index is 396. The van der Waals surface area contributed by atoms with E-state index in [0.29, 0.717) is 13.0 Å². The normalized spacial score (nSPS) is 11.0. The van der Waals surface area contributed by atoms with E-state index in [4.69, 9.17) is 22.9 Å². The predicted octanol–water partition coefficient (Wildman–Crippen LogP) is -3.98. The molecule has 21 heavy (non-hydrogen) atoms. The highest BCUT2D eigenvalue weighted by molar-refractivity contribution is 5.94. The number of nitrogens with two attached hydrogens (primary N) is 4. The van der Waals surface area contributed by atoms with Gasteiger partial charge in [0, 0.05) is 0 Å². The fraction of sp³-hybridized carbons (Fsp3) is 0.636. The van der Waals surface area contributed by atoms with Crippen molar-refractivity contribution in [3.63, 3.8) is 0 Å². The third-order valence-electron chi connectivity index (χ3n) is 2.72. The second kappa shape index (κ2) is 8.87. The number of rotatable bonds is 12. The van der Waals surface area contributed by atoms with Gasteiger partial charge in [-0.05, 0) is 19.5 Å². The zero-order valence-corrected chi connectivity index (χ0v) is 11.7. The minimum absolute atomic E-state index is 0.0313. The summed E-state index contributed by atoms with van der Waals surface area (Å²) in [4.78, 5) is 44.2. The fourth-order valence-electron chi connectivity index (χ4n) is 1.80. The minimum Gasteiger partial charge on any atom is -0.370 e. The minimum atomic E-state index is -1.60. The third kappa shape index (κ3) is 7.84. The van der Waals surface area contributed by atoms with Crippen LogP contribution in [0.5, 0.6) is 0 Å². The van der Waals surface area contributed by atoms with Crippen LogP contribution >= 0.6 is 0 Å². The molecular weight excluding hydrogens is 280 g/mol. The summed E-state index contributed by atoms with van der Waals surface area (Å²) >= 11 is 0. The van der Waals surface area contributed by atoms with E-state index in [-0.39, 0.29) is 13.1 Å². The van der Waals surface area contributed by atoms with Gasteiger partial charge in [0.25, 0.3) is 0 Å². The van der Waals surface area contributed by atoms with Gasteiger partial charge in [0.15, 0.2) is 0 Å². The lowest BCUT2D eigenvalue weighted by molar-refractivity contribution is -0.133. The van der Waals surface area contributed by atoms with Crippen molar-refractivity contribution in [1.29, 1.82) is 0 Å². The smallest absolute Gasteiger partial charge is 0.238 e. The first kappa shape index (κ1) is 18.8. The molecule has 0 unspecified atom stereocenters. The molecular formula is C11H22N6O4. The molecule has 0 radical (unpaired) electrons. The van der Waals surface area contributed by atoms with Crippen LogP contribution in [-0.4, -0.2) is 48.8 Å². The molecule has 0 saturated carbocycles. The molecule has 0 aromatic heterocycles. The Morgan fingerprint density at radius 3 is 1.71 bits per heavy atom. The monoisotopic (exact) mass is 302 g/mol. The summed E-state index contributed by atoms with van der Waals surface area (Å²) in [5, 5.41) is 5.52. The molecule has 0 rings (SSSR count). The second-order valence-electron chi connectivity index (χ2n) is 4.66. The zero-order valence-electron chi connectivity index (χ0n) is 11.7. The maximum Gasteiger partial charge on any atom is 0.238 e. The Hall–Kier alpha value is -2.20. The van der Waals surface area contributed by atoms with Crippen molar-refractivity contribution < 1.29 is 19.2 Å². The maximum atomic E-state index is 11.6. The Kier molecular flexibility index (Phi) is 7.94. The molecule has 10 heteroatoms. The zero-order chi connectivity index (χ0) is 16.5. The van der Waals surface area contributed by atoms with Crippen molar-refractivity contribution in [2.45, 2.75) is 24.8 Å². The lowest BCUT2D eigenvalue weighted by Crippen LogP contribution is -2.59. The van der Waals surface area contributed by atoms with E-state index in [2.05, 4.69) is 10.6 Å². The van der Waals surface area contributed by atoms with Crippen LogP contribution in [0.1, 0.15) is 19.3 Å². The number of amides is 4. The number of hydrogen-bond donors (Lipinski definition) is 6. The number of carbonyl (C=O) groups is 4. The molecule has 0 saturated heterocycles. The van der Waals surface area contributed by atoms with Crippen LogP contribution in [0.4, 0.5) is 0 Å². The van der Waals surface area contributed by atoms with Crippen LogP contribution in [0.3, 0.4) is 0 Å². The summed E-state index contributed by atoms with van der Waals surface area (Å²) < 4.78 is 0. The standard InChI is InChI=1S/C11H22N6O4/c12-7(18)4-11(10(15)21,5-8(13)19)17-3-1-2-16-6-9(14)20/h16-17H,1-6H2,(H2,12,18)(H2,13,19)(H2,14,20)(H2,15,21). The van der Waals surface area contributed by atoms with E-state index in [1.54, 1.807) is 0 Å². The molecule has 0 atom stereocenters. The predicted molar refractivity (Wildman–Crippen MR) is 74.2 cm³/mol. The molecule has 0 aliphatic rings. The lowest BCUT2D eigenvalue weighted by Gasteiger charge is -2.29. The highest BCUT2D eigenvalue weighted by atomic mass is 16.2. The first-order valence-electron chi connectivity index (χ1n) is 6.30. The molecule has 10 nitrogen and oxygen atoms in total. The SMILES string of the molecule is NC(=O)CNCCCNC(CC(N)=O)(CC(N)=O)C(N)=O. The van der Waals surface area contributed by atoms with Gasteiger partial charge in [0.2, 0.25) is 23.6 Å². The van der Waals surface area contributed by atoms with Crippen LogP contribution in [0.2, 0.25) is 0 Å². The molecule has 0 spiro atoms. The first-order valence-corrected chi connectivity index (χ1v) is 6.30. The van der Waals surface area contributed by atoms with E-state index >= 15 is 0 Å². The largest absolute Gasteiger partial charge is 0.370 e. The molecule has 0 aliphatic carbocycles. The van der Waals surface area contributed by atoms with Crippen molar-refractivity contribution in [1.82, 2.24) is 10.6 Å². The molecule has 0 aromatic rings. The first-order chi connectivity index (χ1) is 9.69. The Morgan fingerprint density at radius 1 is 0.810 bits per heavy atom. The summed E-state index contributed by atoms with van der Waals surface area (Å²) in [6.45, 7) is 0.733. The van der Waals surface area contributed by atoms with Gasteiger partial charge < -0.3 is 33.6 Å². The molecule has 4 amide bonds. The quantitative estimate of drug-likeness (QED) is 0.199. The van der Waals surface area contributed by atoms with Crippen molar-refractivity contribution in [2.75, 3.05) is 19.6 Å². The van der Waals surface area contributed by atoms with Crippen molar-refractivity contribution in [3.05, 3.63) is 0 Å². The number of nitrogens with one attached hydrogen (secondary N) is 2. The van der Waals surface area contributed by atoms with Gasteiger partial charge in [-0.1, -0.05) is 0 Å². The summed E-state index contributed by atoms with van der Waals surface area (Å²) in [5.74, 6) is -2.94. The molecule has 0 aliphatic heterocycles. The van der Waals surface area contributed by atoms with Gasteiger partial charge in [0.1, 0.15) is 5.54 Å². The highest BCUT2D eigenvalue weighted by Crippen LogP contribution is 2.15. The van der Waals surface area contributed by atoms with Crippen molar-refractivity contribution in [2.24, 2.45) is 22.9 Å². The van der Waals surface area contributed by atoms with Gasteiger partial charge in [-0.15, -0.1) is 0 Å². The fourth-order valence-corrected chi connectivity index (χ4v) is 1.80. The summed E-state index contributed by atoms with van der Waals surface area (Å²) in [6.07, 6.45) is -0.361. The van der Waals surface area contributed by atoms with Gasteiger partial charge in [-0.25, -0.2) is 0 Å². The van der Waals surface area contributed by atoms with E-state index in [1.165, 1.54) is 0 Å². The number of hydrogen-bond acceptors (Lipinski definition) is 6. The van der Waals surface area contributed by atoms with Crippen molar-refractivity contribution in [3.8, 4) is 0 Å². The average molecular weight is 302 g/mol. The molecule has 0 fully saturated rings. The van der Waals surface area contributed by atoms with Gasteiger partial charge in [0.05, 0.1) is 19.4 Å². The number of primary amides is 4. The molecule has 0 aromatic carbocycles. The molecule has 10 N–H and O–H groups in total. The van der Waals surface area contributed by atoms with Crippen LogP contribution in [-0.2, 0) is 19.2 Å². The van der Waals surface area contributed by atoms with E-state index < -0.39 is 42.0 Å². The van der Waals surface area contributed by atoms with Gasteiger partial charge in [-0.2, -0.15) is 0 Å². The molecule has 120 valence electrons. The number of carbonyl (C=O) groups excluding carboxylic acids is 4. The van der Waals surface area contributed by atoms with Crippen LogP contribution in [0.15, 0.2) is 0 Å². The molecule has 0 bridgehead atoms. The van der Waals surface area contributed by atoms with Crippen LogP contribution < -0.4 is 33.6 Å². The topological polar surface area (TPSA) is 196 Å². The maximum absolute atomic E-state index is 11.6.